The van der Waals surface area contributed by atoms with Crippen molar-refractivity contribution in [1.82, 2.24) is 9.97 Å². The minimum Gasteiger partial charge on any atom is -0.353 e. The molecular weight excluding hydrogens is 220 g/mol. The highest BCUT2D eigenvalue weighted by molar-refractivity contribution is 5.89. The van der Waals surface area contributed by atoms with Gasteiger partial charge in [-0.25, -0.2) is 0 Å². The molecule has 0 saturated carbocycles. The molecule has 0 aliphatic rings. The zero-order valence-electron chi connectivity index (χ0n) is 11.6. The van der Waals surface area contributed by atoms with Gasteiger partial charge >= 0.3 is 0 Å². The fourth-order valence-corrected chi connectivity index (χ4v) is 2.30. The molecule has 0 fully saturated rings. The summed E-state index contributed by atoms with van der Waals surface area (Å²) >= 11 is 0. The van der Waals surface area contributed by atoms with Crippen molar-refractivity contribution in [3.63, 3.8) is 0 Å². The van der Waals surface area contributed by atoms with Crippen molar-refractivity contribution in [2.45, 2.75) is 0 Å². The highest BCUT2D eigenvalue weighted by Crippen LogP contribution is 2.26. The molecule has 2 heteroatoms. The minimum absolute atomic E-state index is 0.516. The summed E-state index contributed by atoms with van der Waals surface area (Å²) in [5.41, 5.74) is 3.79. The van der Waals surface area contributed by atoms with Gasteiger partial charge in [0.2, 0.25) is 0 Å². The largest absolute Gasteiger partial charge is 0.353 e. The third-order valence-corrected chi connectivity index (χ3v) is 3.18. The lowest BCUT2D eigenvalue weighted by molar-refractivity contribution is 1.38. The van der Waals surface area contributed by atoms with E-state index in [4.69, 9.17) is 2.74 Å². The van der Waals surface area contributed by atoms with Crippen LogP contribution in [0.5, 0.6) is 0 Å². The van der Waals surface area contributed by atoms with Gasteiger partial charge in [-0.05, 0) is 24.3 Å². The molecule has 4 rings (SSSR count). The van der Waals surface area contributed by atoms with E-state index in [-0.39, 0.29) is 0 Å². The van der Waals surface area contributed by atoms with Gasteiger partial charge in [-0.2, -0.15) is 0 Å². The number of benzene rings is 2. The van der Waals surface area contributed by atoms with Crippen LogP contribution in [0.25, 0.3) is 33.2 Å². The van der Waals surface area contributed by atoms with Gasteiger partial charge in [-0.15, -0.1) is 0 Å². The van der Waals surface area contributed by atoms with Crippen molar-refractivity contribution < 1.29 is 2.74 Å². The molecule has 86 valence electrons. The second-order valence-corrected chi connectivity index (χ2v) is 4.36. The molecule has 0 aliphatic carbocycles. The van der Waals surface area contributed by atoms with Crippen LogP contribution >= 0.6 is 0 Å². The van der Waals surface area contributed by atoms with Gasteiger partial charge in [0.05, 0.1) is 14.1 Å². The number of H-pyrrole nitrogens is 2. The monoisotopic (exact) mass is 234 g/mol. The Morgan fingerprint density at radius 1 is 0.722 bits per heavy atom. The molecular formula is C16H12N2. The lowest BCUT2D eigenvalue weighted by Gasteiger charge is -1.90. The number of aromatic amines is 2. The Morgan fingerprint density at radius 2 is 1.22 bits per heavy atom. The fourth-order valence-electron chi connectivity index (χ4n) is 2.30. The highest BCUT2D eigenvalue weighted by Gasteiger charge is 2.05. The maximum atomic E-state index is 7.92. The number of fused-ring (bicyclic) bond motifs is 2. The summed E-state index contributed by atoms with van der Waals surface area (Å²) in [5, 5.41) is 1.82. The molecule has 0 saturated heterocycles. The second kappa shape index (κ2) is 3.50. The number of rotatable bonds is 1. The van der Waals surface area contributed by atoms with Crippen LogP contribution in [0.15, 0.2) is 60.6 Å². The average molecular weight is 234 g/mol. The zero-order chi connectivity index (χ0) is 13.7. The van der Waals surface area contributed by atoms with Crippen LogP contribution < -0.4 is 0 Å². The predicted molar refractivity (Wildman–Crippen MR) is 75.6 cm³/mol. The molecule has 2 heterocycles. The maximum Gasteiger partial charge on any atom is 0.0630 e. The first-order valence-electron chi connectivity index (χ1n) is 6.89. The molecule has 0 unspecified atom stereocenters. The van der Waals surface area contributed by atoms with Crippen LogP contribution in [-0.2, 0) is 0 Å². The molecule has 0 atom stereocenters. The summed E-state index contributed by atoms with van der Waals surface area (Å²) in [6, 6.07) is 16.2. The summed E-state index contributed by atoms with van der Waals surface area (Å²) < 4.78 is 15.8. The summed E-state index contributed by atoms with van der Waals surface area (Å²) in [4.78, 5) is 6.64. The molecule has 2 aromatic carbocycles. The van der Waals surface area contributed by atoms with Crippen LogP contribution in [0.3, 0.4) is 0 Å². The highest BCUT2D eigenvalue weighted by atomic mass is 14.8. The quantitative estimate of drug-likeness (QED) is 0.491. The normalized spacial score (nSPS) is 12.9. The molecule has 0 bridgehead atoms. The zero-order valence-corrected chi connectivity index (χ0v) is 9.62. The van der Waals surface area contributed by atoms with E-state index in [2.05, 4.69) is 9.97 Å². The smallest absolute Gasteiger partial charge is 0.0630 e. The molecule has 2 N–H and O–H groups in total. The van der Waals surface area contributed by atoms with Gasteiger partial charge < -0.3 is 9.97 Å². The van der Waals surface area contributed by atoms with Gasteiger partial charge in [0, 0.05) is 21.8 Å². The van der Waals surface area contributed by atoms with Crippen molar-refractivity contribution in [3.05, 3.63) is 60.6 Å². The molecule has 2 nitrogen and oxygen atoms in total. The summed E-state index contributed by atoms with van der Waals surface area (Å²) in [5.74, 6) is 0. The molecule has 4 aromatic rings. The van der Waals surface area contributed by atoms with Gasteiger partial charge in [-0.1, -0.05) is 36.4 Å². The topological polar surface area (TPSA) is 31.6 Å². The van der Waals surface area contributed by atoms with Crippen molar-refractivity contribution in [1.29, 1.82) is 0 Å². The van der Waals surface area contributed by atoms with Crippen LogP contribution in [0.1, 0.15) is 2.74 Å². The van der Waals surface area contributed by atoms with Crippen LogP contribution in [0.4, 0.5) is 0 Å². The number of para-hydroxylation sites is 2. The predicted octanol–water partition coefficient (Wildman–Crippen LogP) is 4.32. The Bertz CT molecular complexity index is 856. The van der Waals surface area contributed by atoms with Gasteiger partial charge in [0.25, 0.3) is 0 Å². The van der Waals surface area contributed by atoms with Crippen molar-refractivity contribution in [2.75, 3.05) is 0 Å². The van der Waals surface area contributed by atoms with E-state index in [1.54, 1.807) is 12.1 Å². The number of hydrogen-bond acceptors (Lipinski definition) is 0. The minimum atomic E-state index is 0.516. The summed E-state index contributed by atoms with van der Waals surface area (Å²) in [7, 11) is 0. The van der Waals surface area contributed by atoms with Gasteiger partial charge in [-0.3, -0.25) is 0 Å². The van der Waals surface area contributed by atoms with Crippen LogP contribution in [-0.4, -0.2) is 9.97 Å². The second-order valence-electron chi connectivity index (χ2n) is 4.36. The van der Waals surface area contributed by atoms with Crippen LogP contribution in [0.2, 0.25) is 0 Å². The molecule has 0 radical (unpaired) electrons. The maximum absolute atomic E-state index is 7.92. The van der Waals surface area contributed by atoms with Gasteiger partial charge in [0.15, 0.2) is 0 Å². The number of aromatic nitrogens is 2. The van der Waals surface area contributed by atoms with Gasteiger partial charge in [0.1, 0.15) is 0 Å². The van der Waals surface area contributed by atoms with Crippen molar-refractivity contribution >= 4 is 21.8 Å². The Balaban J connectivity index is 1.96. The first-order valence-corrected chi connectivity index (χ1v) is 5.89. The first-order chi connectivity index (χ1) is 9.72. The first kappa shape index (κ1) is 7.77. The Kier molecular flexibility index (Phi) is 1.51. The third-order valence-electron chi connectivity index (χ3n) is 3.18. The van der Waals surface area contributed by atoms with E-state index in [1.165, 1.54) is 0 Å². The van der Waals surface area contributed by atoms with E-state index in [0.29, 0.717) is 12.1 Å². The Morgan fingerprint density at radius 3 is 1.67 bits per heavy atom. The molecule has 2 aromatic heterocycles. The molecule has 0 spiro atoms. The van der Waals surface area contributed by atoms with Crippen LogP contribution in [0, 0.1) is 0 Å². The molecule has 0 aliphatic heterocycles. The summed E-state index contributed by atoms with van der Waals surface area (Å²) in [6.07, 6.45) is 0. The van der Waals surface area contributed by atoms with E-state index in [1.807, 2.05) is 36.4 Å². The van der Waals surface area contributed by atoms with E-state index >= 15 is 0 Å². The molecule has 18 heavy (non-hydrogen) atoms. The lowest BCUT2D eigenvalue weighted by Crippen LogP contribution is -1.74. The van der Waals surface area contributed by atoms with E-state index in [0.717, 1.165) is 33.2 Å². The van der Waals surface area contributed by atoms with Crippen molar-refractivity contribution in [3.8, 4) is 11.4 Å². The fraction of sp³-hybridized carbons (Fsp3) is 0. The standard InChI is InChI=1S/C16H12N2/c1-3-7-13-11(5-1)9-15(17-13)16-10-12-6-2-4-8-14(12)18-16/h1-10,17-18H/i5D,6D. The third kappa shape index (κ3) is 1.36. The lowest BCUT2D eigenvalue weighted by atomic mass is 10.2. The Labute approximate surface area is 107 Å². The van der Waals surface area contributed by atoms with E-state index < -0.39 is 0 Å². The number of hydrogen-bond donors (Lipinski definition) is 2. The molecule has 0 amide bonds. The summed E-state index contributed by atoms with van der Waals surface area (Å²) in [6.45, 7) is 0. The average Bonchev–Trinajstić information content (AvgIpc) is 3.03. The van der Waals surface area contributed by atoms with E-state index in [9.17, 15) is 0 Å². The number of nitrogens with one attached hydrogen (secondary N) is 2. The Hall–Kier alpha value is -2.48. The SMILES string of the molecule is [2H]c1cccc2[nH]c(-c3cc4c([2H])cccc4[nH]3)cc12. The van der Waals surface area contributed by atoms with Crippen molar-refractivity contribution in [2.24, 2.45) is 0 Å².